The molecular weight excluding hydrogens is 352 g/mol. The van der Waals surface area contributed by atoms with Crippen LogP contribution in [0.15, 0.2) is 30.3 Å². The molecule has 2 unspecified atom stereocenters. The highest BCUT2D eigenvalue weighted by Crippen LogP contribution is 2.28. The molecular formula is C19H24N2O6. The van der Waals surface area contributed by atoms with Gasteiger partial charge in [-0.05, 0) is 26.8 Å². The lowest BCUT2D eigenvalue weighted by molar-refractivity contribution is -0.152. The third-order valence-electron chi connectivity index (χ3n) is 3.70. The Morgan fingerprint density at radius 2 is 1.85 bits per heavy atom. The molecule has 0 bridgehead atoms. The molecule has 8 heteroatoms. The number of aliphatic hydroxyl groups is 1. The van der Waals surface area contributed by atoms with Crippen molar-refractivity contribution >= 4 is 23.0 Å². The van der Waals surface area contributed by atoms with E-state index in [1.54, 1.807) is 45.0 Å². The van der Waals surface area contributed by atoms with Crippen LogP contribution in [0, 0.1) is 0 Å². The van der Waals surface area contributed by atoms with E-state index in [0.717, 1.165) is 12.5 Å². The third-order valence-corrected chi connectivity index (χ3v) is 3.70. The first-order valence-electron chi connectivity index (χ1n) is 8.35. The number of hydrogen-bond acceptors (Lipinski definition) is 7. The molecule has 2 N–H and O–H groups in total. The number of aliphatic hydroxyl groups excluding tert-OH is 1. The number of ether oxygens (including phenoxy) is 3. The van der Waals surface area contributed by atoms with Gasteiger partial charge >= 0.3 is 12.1 Å². The molecule has 1 heterocycles. The average Bonchev–Trinajstić information content (AvgIpc) is 2.62. The zero-order valence-corrected chi connectivity index (χ0v) is 16.0. The number of pyridine rings is 1. The lowest BCUT2D eigenvalue weighted by atomic mass is 9.98. The van der Waals surface area contributed by atoms with Gasteiger partial charge < -0.3 is 24.6 Å². The first-order chi connectivity index (χ1) is 12.7. The SMILES string of the molecule is COC(=O)C(O)C(NC(=O)OC(C)(C)C)c1cccc2ccc(OC)nc12. The van der Waals surface area contributed by atoms with Crippen LogP contribution < -0.4 is 10.1 Å². The van der Waals surface area contributed by atoms with Gasteiger partial charge in [-0.2, -0.15) is 0 Å². The van der Waals surface area contributed by atoms with Gasteiger partial charge in [-0.3, -0.25) is 0 Å². The van der Waals surface area contributed by atoms with Crippen molar-refractivity contribution in [2.75, 3.05) is 14.2 Å². The number of methoxy groups -OCH3 is 2. The van der Waals surface area contributed by atoms with Gasteiger partial charge in [0, 0.05) is 17.0 Å². The van der Waals surface area contributed by atoms with Crippen molar-refractivity contribution in [3.8, 4) is 5.88 Å². The molecule has 2 aromatic rings. The van der Waals surface area contributed by atoms with E-state index < -0.39 is 29.8 Å². The van der Waals surface area contributed by atoms with Gasteiger partial charge in [0.05, 0.1) is 25.8 Å². The van der Waals surface area contributed by atoms with E-state index in [1.165, 1.54) is 7.11 Å². The predicted octanol–water partition coefficient (Wildman–Crippen LogP) is 2.34. The van der Waals surface area contributed by atoms with Gasteiger partial charge in [-0.25, -0.2) is 14.6 Å². The Morgan fingerprint density at radius 3 is 2.44 bits per heavy atom. The lowest BCUT2D eigenvalue weighted by Crippen LogP contribution is -2.43. The average molecular weight is 376 g/mol. The van der Waals surface area contributed by atoms with Crippen LogP contribution in [0.1, 0.15) is 32.4 Å². The second-order valence-electron chi connectivity index (χ2n) is 6.86. The summed E-state index contributed by atoms with van der Waals surface area (Å²) in [7, 11) is 2.64. The van der Waals surface area contributed by atoms with Crippen LogP contribution >= 0.6 is 0 Å². The van der Waals surface area contributed by atoms with Crippen LogP contribution in [-0.2, 0) is 14.3 Å². The second-order valence-corrected chi connectivity index (χ2v) is 6.86. The van der Waals surface area contributed by atoms with Crippen LogP contribution in [0.25, 0.3) is 10.9 Å². The summed E-state index contributed by atoms with van der Waals surface area (Å²) in [6, 6.07) is 7.57. The summed E-state index contributed by atoms with van der Waals surface area (Å²) in [5, 5.41) is 13.8. The molecule has 0 aliphatic rings. The van der Waals surface area contributed by atoms with Crippen molar-refractivity contribution in [1.82, 2.24) is 10.3 Å². The van der Waals surface area contributed by atoms with E-state index in [2.05, 4.69) is 15.0 Å². The topological polar surface area (TPSA) is 107 Å². The fourth-order valence-electron chi connectivity index (χ4n) is 2.53. The molecule has 0 saturated carbocycles. The number of amides is 1. The Kier molecular flexibility index (Phi) is 6.22. The van der Waals surface area contributed by atoms with Crippen LogP contribution in [0.2, 0.25) is 0 Å². The molecule has 0 aliphatic carbocycles. The van der Waals surface area contributed by atoms with E-state index in [0.29, 0.717) is 17.0 Å². The van der Waals surface area contributed by atoms with E-state index in [-0.39, 0.29) is 0 Å². The van der Waals surface area contributed by atoms with Crippen molar-refractivity contribution in [3.05, 3.63) is 35.9 Å². The summed E-state index contributed by atoms with van der Waals surface area (Å²) < 4.78 is 15.0. The molecule has 0 radical (unpaired) electrons. The molecule has 0 aliphatic heterocycles. The summed E-state index contributed by atoms with van der Waals surface area (Å²) in [5.74, 6) is -0.533. The maximum absolute atomic E-state index is 12.3. The molecule has 1 aromatic heterocycles. The van der Waals surface area contributed by atoms with E-state index in [9.17, 15) is 14.7 Å². The molecule has 146 valence electrons. The van der Waals surface area contributed by atoms with Gasteiger partial charge in [0.1, 0.15) is 5.60 Å². The van der Waals surface area contributed by atoms with Gasteiger partial charge in [-0.1, -0.05) is 18.2 Å². The van der Waals surface area contributed by atoms with Crippen LogP contribution in [0.3, 0.4) is 0 Å². The minimum Gasteiger partial charge on any atom is -0.481 e. The van der Waals surface area contributed by atoms with Gasteiger partial charge in [0.2, 0.25) is 5.88 Å². The Balaban J connectivity index is 2.51. The number of alkyl carbamates (subject to hydrolysis) is 1. The monoisotopic (exact) mass is 376 g/mol. The smallest absolute Gasteiger partial charge is 0.408 e. The van der Waals surface area contributed by atoms with Gasteiger partial charge in [0.15, 0.2) is 6.10 Å². The quantitative estimate of drug-likeness (QED) is 0.771. The number of esters is 1. The third kappa shape index (κ3) is 5.07. The summed E-state index contributed by atoms with van der Waals surface area (Å²) in [5.41, 5.74) is 0.154. The first kappa shape index (κ1) is 20.4. The molecule has 1 aromatic carbocycles. The highest BCUT2D eigenvalue weighted by molar-refractivity contribution is 5.85. The van der Waals surface area contributed by atoms with Crippen molar-refractivity contribution in [1.29, 1.82) is 0 Å². The summed E-state index contributed by atoms with van der Waals surface area (Å²) in [6.45, 7) is 5.13. The standard InChI is InChI=1S/C19H24N2O6/c1-19(2,3)27-18(24)21-15(16(22)17(23)26-5)12-8-6-7-11-9-10-13(25-4)20-14(11)12/h6-10,15-16,22H,1-5H3,(H,21,24). The molecule has 2 rings (SSSR count). The maximum atomic E-state index is 12.3. The predicted molar refractivity (Wildman–Crippen MR) is 98.4 cm³/mol. The number of fused-ring (bicyclic) bond motifs is 1. The van der Waals surface area contributed by atoms with Gasteiger partial charge in [0.25, 0.3) is 0 Å². The Morgan fingerprint density at radius 1 is 1.15 bits per heavy atom. The minimum absolute atomic E-state index is 0.360. The normalized spacial score (nSPS) is 13.6. The van der Waals surface area contributed by atoms with Crippen molar-refractivity contribution in [3.63, 3.8) is 0 Å². The summed E-state index contributed by atoms with van der Waals surface area (Å²) >= 11 is 0. The number of hydrogen-bond donors (Lipinski definition) is 2. The van der Waals surface area contributed by atoms with Gasteiger partial charge in [-0.15, -0.1) is 0 Å². The highest BCUT2D eigenvalue weighted by atomic mass is 16.6. The number of carbonyl (C=O) groups excluding carboxylic acids is 2. The molecule has 2 atom stereocenters. The Bertz CT molecular complexity index is 831. The van der Waals surface area contributed by atoms with Crippen LogP contribution in [0.5, 0.6) is 5.88 Å². The summed E-state index contributed by atoms with van der Waals surface area (Å²) in [4.78, 5) is 28.6. The zero-order chi connectivity index (χ0) is 20.2. The number of nitrogens with one attached hydrogen (secondary N) is 1. The molecule has 27 heavy (non-hydrogen) atoms. The number of aromatic nitrogens is 1. The Labute approximate surface area is 157 Å². The molecule has 0 spiro atoms. The molecule has 0 fully saturated rings. The van der Waals surface area contributed by atoms with E-state index >= 15 is 0 Å². The van der Waals surface area contributed by atoms with Crippen molar-refractivity contribution < 1.29 is 28.9 Å². The molecule has 0 saturated heterocycles. The molecule has 1 amide bonds. The Hall–Kier alpha value is -2.87. The van der Waals surface area contributed by atoms with Crippen LogP contribution in [0.4, 0.5) is 4.79 Å². The first-order valence-corrected chi connectivity index (χ1v) is 8.35. The van der Waals surface area contributed by atoms with Crippen molar-refractivity contribution in [2.24, 2.45) is 0 Å². The zero-order valence-electron chi connectivity index (χ0n) is 16.0. The second kappa shape index (κ2) is 8.22. The number of para-hydroxylation sites is 1. The number of carbonyl (C=O) groups is 2. The number of nitrogens with zero attached hydrogens (tertiary/aromatic N) is 1. The lowest BCUT2D eigenvalue weighted by Gasteiger charge is -2.26. The highest BCUT2D eigenvalue weighted by Gasteiger charge is 2.33. The van der Waals surface area contributed by atoms with Crippen LogP contribution in [-0.4, -0.2) is 48.1 Å². The minimum atomic E-state index is -1.65. The maximum Gasteiger partial charge on any atom is 0.408 e. The fraction of sp³-hybridized carbons (Fsp3) is 0.421. The summed E-state index contributed by atoms with van der Waals surface area (Å²) in [6.07, 6.45) is -2.43. The van der Waals surface area contributed by atoms with E-state index in [4.69, 9.17) is 9.47 Å². The van der Waals surface area contributed by atoms with E-state index in [1.807, 2.05) is 6.07 Å². The number of rotatable bonds is 5. The fourth-order valence-corrected chi connectivity index (χ4v) is 2.53. The molecule has 8 nitrogen and oxygen atoms in total. The van der Waals surface area contributed by atoms with Crippen molar-refractivity contribution in [2.45, 2.75) is 38.5 Å². The largest absolute Gasteiger partial charge is 0.481 e. The number of benzene rings is 1.